The fourth-order valence-electron chi connectivity index (χ4n) is 2.19. The number of nitrogens with one attached hydrogen (secondary N) is 2. The van der Waals surface area contributed by atoms with Gasteiger partial charge in [-0.25, -0.2) is 0 Å². The molecule has 2 heteroatoms. The Morgan fingerprint density at radius 3 is 2.81 bits per heavy atom. The van der Waals surface area contributed by atoms with Crippen LogP contribution in [0, 0.1) is 6.92 Å². The zero-order chi connectivity index (χ0) is 11.2. The van der Waals surface area contributed by atoms with Crippen LogP contribution < -0.4 is 10.6 Å². The lowest BCUT2D eigenvalue weighted by molar-refractivity contribution is 0.530. The zero-order valence-electron chi connectivity index (χ0n) is 10.1. The van der Waals surface area contributed by atoms with Crippen LogP contribution in [0.15, 0.2) is 24.3 Å². The monoisotopic (exact) mass is 218 g/mol. The van der Waals surface area contributed by atoms with Gasteiger partial charge in [-0.05, 0) is 38.4 Å². The molecule has 1 aliphatic heterocycles. The number of hydrogen-bond acceptors (Lipinski definition) is 2. The lowest BCUT2D eigenvalue weighted by Gasteiger charge is -2.17. The van der Waals surface area contributed by atoms with Crippen LogP contribution in [0.5, 0.6) is 0 Å². The minimum absolute atomic E-state index is 0.642. The smallest absolute Gasteiger partial charge is 0.0340 e. The van der Waals surface area contributed by atoms with E-state index in [9.17, 15) is 0 Å². The Balaban J connectivity index is 1.79. The third-order valence-electron chi connectivity index (χ3n) is 3.27. The minimum Gasteiger partial charge on any atom is -0.383 e. The number of hydrogen-bond donors (Lipinski definition) is 2. The normalized spacial score (nSPS) is 21.4. The van der Waals surface area contributed by atoms with Crippen molar-refractivity contribution in [1.82, 2.24) is 5.32 Å². The SMILES string of the molecule is Cc1ccc(NCC2CCCCCN2)cc1. The molecule has 16 heavy (non-hydrogen) atoms. The Bertz CT molecular complexity index is 297. The molecule has 1 aromatic rings. The molecule has 0 bridgehead atoms. The predicted octanol–water partition coefficient (Wildman–Crippen LogP) is 2.94. The molecule has 88 valence electrons. The van der Waals surface area contributed by atoms with Crippen molar-refractivity contribution in [3.8, 4) is 0 Å². The van der Waals surface area contributed by atoms with Crippen LogP contribution in [0.4, 0.5) is 5.69 Å². The first-order valence-corrected chi connectivity index (χ1v) is 6.38. The van der Waals surface area contributed by atoms with Gasteiger partial charge in [-0.1, -0.05) is 30.5 Å². The molecule has 1 fully saturated rings. The van der Waals surface area contributed by atoms with Gasteiger partial charge in [0.05, 0.1) is 0 Å². The van der Waals surface area contributed by atoms with Crippen LogP contribution in [0.25, 0.3) is 0 Å². The Hall–Kier alpha value is -1.02. The van der Waals surface area contributed by atoms with Gasteiger partial charge in [0.1, 0.15) is 0 Å². The molecule has 2 N–H and O–H groups in total. The number of benzene rings is 1. The minimum atomic E-state index is 0.642. The molecule has 0 aromatic heterocycles. The second-order valence-corrected chi connectivity index (χ2v) is 4.75. The Kier molecular flexibility index (Phi) is 4.23. The molecule has 1 saturated heterocycles. The molecule has 0 spiro atoms. The van der Waals surface area contributed by atoms with Crippen molar-refractivity contribution in [1.29, 1.82) is 0 Å². The average molecular weight is 218 g/mol. The summed E-state index contributed by atoms with van der Waals surface area (Å²) in [5.41, 5.74) is 2.55. The van der Waals surface area contributed by atoms with E-state index in [1.165, 1.54) is 43.5 Å². The summed E-state index contributed by atoms with van der Waals surface area (Å²) in [4.78, 5) is 0. The summed E-state index contributed by atoms with van der Waals surface area (Å²) in [6.45, 7) is 4.35. The van der Waals surface area contributed by atoms with Crippen molar-refractivity contribution in [3.05, 3.63) is 29.8 Å². The van der Waals surface area contributed by atoms with E-state index < -0.39 is 0 Å². The van der Waals surface area contributed by atoms with Crippen molar-refractivity contribution < 1.29 is 0 Å². The first-order valence-electron chi connectivity index (χ1n) is 6.38. The van der Waals surface area contributed by atoms with Crippen LogP contribution in [-0.2, 0) is 0 Å². The third-order valence-corrected chi connectivity index (χ3v) is 3.27. The Morgan fingerprint density at radius 2 is 2.00 bits per heavy atom. The second kappa shape index (κ2) is 5.90. The van der Waals surface area contributed by atoms with E-state index in [4.69, 9.17) is 0 Å². The summed E-state index contributed by atoms with van der Waals surface area (Å²) in [5.74, 6) is 0. The quantitative estimate of drug-likeness (QED) is 0.815. The Morgan fingerprint density at radius 1 is 1.19 bits per heavy atom. The average Bonchev–Trinajstić information content (AvgIpc) is 2.57. The van der Waals surface area contributed by atoms with Gasteiger partial charge < -0.3 is 10.6 Å². The molecule has 1 aromatic carbocycles. The highest BCUT2D eigenvalue weighted by molar-refractivity contribution is 5.44. The maximum atomic E-state index is 3.60. The molecule has 0 aliphatic carbocycles. The van der Waals surface area contributed by atoms with Crippen LogP contribution in [0.2, 0.25) is 0 Å². The number of rotatable bonds is 3. The largest absolute Gasteiger partial charge is 0.383 e. The standard InChI is InChI=1S/C14H22N2/c1-12-6-8-13(9-7-12)16-11-14-5-3-2-4-10-15-14/h6-9,14-16H,2-5,10-11H2,1H3. The second-order valence-electron chi connectivity index (χ2n) is 4.75. The van der Waals surface area contributed by atoms with Gasteiger partial charge in [-0.3, -0.25) is 0 Å². The van der Waals surface area contributed by atoms with Crippen molar-refractivity contribution in [2.75, 3.05) is 18.4 Å². The summed E-state index contributed by atoms with van der Waals surface area (Å²) in [7, 11) is 0. The molecule has 1 atom stereocenters. The van der Waals surface area contributed by atoms with Gasteiger partial charge >= 0.3 is 0 Å². The molecular weight excluding hydrogens is 196 g/mol. The molecule has 0 radical (unpaired) electrons. The van der Waals surface area contributed by atoms with E-state index >= 15 is 0 Å². The zero-order valence-corrected chi connectivity index (χ0v) is 10.1. The summed E-state index contributed by atoms with van der Waals surface area (Å²) in [6.07, 6.45) is 5.39. The van der Waals surface area contributed by atoms with E-state index in [2.05, 4.69) is 41.8 Å². The molecule has 1 aliphatic rings. The van der Waals surface area contributed by atoms with Gasteiger partial charge in [-0.15, -0.1) is 0 Å². The molecule has 1 heterocycles. The van der Waals surface area contributed by atoms with E-state index in [0.29, 0.717) is 6.04 Å². The Labute approximate surface area is 98.4 Å². The maximum Gasteiger partial charge on any atom is 0.0340 e. The number of aryl methyl sites for hydroxylation is 1. The van der Waals surface area contributed by atoms with Crippen molar-refractivity contribution in [2.45, 2.75) is 38.6 Å². The summed E-state index contributed by atoms with van der Waals surface area (Å²) in [5, 5.41) is 7.11. The van der Waals surface area contributed by atoms with Gasteiger partial charge in [-0.2, -0.15) is 0 Å². The van der Waals surface area contributed by atoms with Crippen LogP contribution in [-0.4, -0.2) is 19.1 Å². The van der Waals surface area contributed by atoms with Gasteiger partial charge in [0.15, 0.2) is 0 Å². The van der Waals surface area contributed by atoms with Gasteiger partial charge in [0, 0.05) is 18.3 Å². The van der Waals surface area contributed by atoms with Crippen molar-refractivity contribution >= 4 is 5.69 Å². The first kappa shape index (κ1) is 11.5. The molecule has 2 rings (SSSR count). The van der Waals surface area contributed by atoms with Crippen LogP contribution in [0.1, 0.15) is 31.2 Å². The molecule has 2 nitrogen and oxygen atoms in total. The van der Waals surface area contributed by atoms with E-state index in [-0.39, 0.29) is 0 Å². The van der Waals surface area contributed by atoms with Crippen molar-refractivity contribution in [3.63, 3.8) is 0 Å². The van der Waals surface area contributed by atoms with Crippen molar-refractivity contribution in [2.24, 2.45) is 0 Å². The summed E-state index contributed by atoms with van der Waals surface area (Å²) < 4.78 is 0. The summed E-state index contributed by atoms with van der Waals surface area (Å²) >= 11 is 0. The number of anilines is 1. The predicted molar refractivity (Wildman–Crippen MR) is 69.9 cm³/mol. The highest BCUT2D eigenvalue weighted by atomic mass is 15.0. The lowest BCUT2D eigenvalue weighted by Crippen LogP contribution is -2.34. The lowest BCUT2D eigenvalue weighted by atomic mass is 10.1. The third kappa shape index (κ3) is 3.53. The summed E-state index contributed by atoms with van der Waals surface area (Å²) in [6, 6.07) is 9.27. The molecular formula is C14H22N2. The maximum absolute atomic E-state index is 3.60. The topological polar surface area (TPSA) is 24.1 Å². The highest BCUT2D eigenvalue weighted by Crippen LogP contribution is 2.11. The van der Waals surface area contributed by atoms with Crippen LogP contribution in [0.3, 0.4) is 0 Å². The van der Waals surface area contributed by atoms with E-state index in [1.54, 1.807) is 0 Å². The highest BCUT2D eigenvalue weighted by Gasteiger charge is 2.10. The fraction of sp³-hybridized carbons (Fsp3) is 0.571. The van der Waals surface area contributed by atoms with Gasteiger partial charge in [0.2, 0.25) is 0 Å². The van der Waals surface area contributed by atoms with E-state index in [0.717, 1.165) is 6.54 Å². The first-order chi connectivity index (χ1) is 7.84. The molecule has 0 amide bonds. The van der Waals surface area contributed by atoms with Gasteiger partial charge in [0.25, 0.3) is 0 Å². The molecule has 0 saturated carbocycles. The fourth-order valence-corrected chi connectivity index (χ4v) is 2.19. The van der Waals surface area contributed by atoms with E-state index in [1.807, 2.05) is 0 Å². The van der Waals surface area contributed by atoms with Crippen LogP contribution >= 0.6 is 0 Å². The molecule has 1 unspecified atom stereocenters.